The summed E-state index contributed by atoms with van der Waals surface area (Å²) in [7, 11) is -2.07. The number of hydrogen-bond acceptors (Lipinski definition) is 8. The van der Waals surface area contributed by atoms with Crippen LogP contribution in [0.5, 0.6) is 0 Å². The third kappa shape index (κ3) is 7.70. The van der Waals surface area contributed by atoms with Crippen molar-refractivity contribution in [3.8, 4) is 0 Å². The molecule has 0 spiro atoms. The van der Waals surface area contributed by atoms with Crippen molar-refractivity contribution in [1.82, 2.24) is 14.9 Å². The number of aliphatic hydroxyl groups excluding tert-OH is 1. The third-order valence-corrected chi connectivity index (χ3v) is 11.6. The summed E-state index contributed by atoms with van der Waals surface area (Å²) in [6.07, 6.45) is 1.06. The van der Waals surface area contributed by atoms with Crippen molar-refractivity contribution in [3.63, 3.8) is 0 Å². The first-order chi connectivity index (χ1) is 21.4. The quantitative estimate of drug-likeness (QED) is 0.284. The van der Waals surface area contributed by atoms with Crippen LogP contribution in [0.15, 0.2) is 42.5 Å². The van der Waals surface area contributed by atoms with Crippen LogP contribution in [0.2, 0.25) is 5.02 Å². The van der Waals surface area contributed by atoms with Crippen LogP contribution in [-0.4, -0.2) is 86.4 Å². The number of rotatable bonds is 10. The molecule has 1 amide bonds. The Kier molecular flexibility index (Phi) is 10.9. The molecule has 0 radical (unpaired) electrons. The highest BCUT2D eigenvalue weighted by molar-refractivity contribution is 7.89. The zero-order valence-corrected chi connectivity index (χ0v) is 27.5. The van der Waals surface area contributed by atoms with Gasteiger partial charge in [-0.3, -0.25) is 10.1 Å². The van der Waals surface area contributed by atoms with Gasteiger partial charge >= 0.3 is 0 Å². The van der Waals surface area contributed by atoms with E-state index in [1.54, 1.807) is 22.5 Å². The average molecular weight is 667 g/mol. The van der Waals surface area contributed by atoms with E-state index in [0.717, 1.165) is 12.0 Å². The third-order valence-electron chi connectivity index (χ3n) is 9.40. The number of hydrogen-bond donors (Lipinski definition) is 4. The van der Waals surface area contributed by atoms with Gasteiger partial charge in [0.1, 0.15) is 11.9 Å². The lowest BCUT2D eigenvalue weighted by Gasteiger charge is -2.48. The number of halogens is 2. The highest BCUT2D eigenvalue weighted by atomic mass is 35.5. The van der Waals surface area contributed by atoms with Crippen LogP contribution in [0.1, 0.15) is 57.1 Å². The van der Waals surface area contributed by atoms with Crippen LogP contribution in [0, 0.1) is 5.82 Å². The molecule has 2 aromatic rings. The van der Waals surface area contributed by atoms with Crippen LogP contribution < -0.4 is 16.0 Å². The molecule has 248 valence electrons. The minimum atomic E-state index is -3.40. The van der Waals surface area contributed by atoms with E-state index in [0.29, 0.717) is 55.0 Å². The number of fused-ring (bicyclic) bond motifs is 2. The number of benzene rings is 2. The number of piperazine rings is 1. The number of sulfonamides is 1. The van der Waals surface area contributed by atoms with Crippen molar-refractivity contribution in [2.45, 2.75) is 94.5 Å². The lowest BCUT2D eigenvalue weighted by atomic mass is 9.65. The lowest BCUT2D eigenvalue weighted by Crippen LogP contribution is -2.61. The number of amides is 1. The number of carbonyl (C=O) groups excluding carboxylic acids is 1. The molecular weight excluding hydrogens is 623 g/mol. The van der Waals surface area contributed by atoms with Crippen molar-refractivity contribution in [2.24, 2.45) is 0 Å². The summed E-state index contributed by atoms with van der Waals surface area (Å²) in [5.74, 6) is -0.857. The molecular formula is C32H44ClFN4O6S. The number of nitrogens with one attached hydrogen (secondary N) is 3. The van der Waals surface area contributed by atoms with Crippen molar-refractivity contribution in [1.29, 1.82) is 0 Å². The molecule has 5 rings (SSSR count). The summed E-state index contributed by atoms with van der Waals surface area (Å²) in [5, 5.41) is 20.5. The van der Waals surface area contributed by atoms with Gasteiger partial charge in [-0.1, -0.05) is 29.8 Å². The molecule has 10 nitrogen and oxygen atoms in total. The molecule has 4 N–H and O–H groups in total. The summed E-state index contributed by atoms with van der Waals surface area (Å²) >= 11 is 6.22. The van der Waals surface area contributed by atoms with Gasteiger partial charge in [-0.05, 0) is 82.2 Å². The van der Waals surface area contributed by atoms with Crippen molar-refractivity contribution in [3.05, 3.63) is 64.4 Å². The molecule has 3 aliphatic rings. The smallest absolute Gasteiger partial charge is 0.242 e. The van der Waals surface area contributed by atoms with Crippen molar-refractivity contribution < 1.29 is 32.2 Å². The Labute approximate surface area is 270 Å². The van der Waals surface area contributed by atoms with Crippen LogP contribution in [0.3, 0.4) is 0 Å². The first-order valence-electron chi connectivity index (χ1n) is 15.6. The van der Waals surface area contributed by atoms with Crippen LogP contribution in [0.4, 0.5) is 10.1 Å². The van der Waals surface area contributed by atoms with E-state index in [2.05, 4.69) is 16.0 Å². The maximum atomic E-state index is 15.4. The highest BCUT2D eigenvalue weighted by Gasteiger charge is 2.50. The standard InChI is InChI=1S/C32H44ClFN4O6S/c1-20-16-32(17-21(2)44-20,22-9-11-23(33)12-10-22)29(37-31(40)43-3)30(39)36-28-8-4-7-27(34)26(28)14-13-25-18-35-24-6-5-15-45(41,42)38(25)19-24/h4,7-12,20-21,24-25,29,31,35,37,40H,5-6,13-19H2,1-3H3,(H,36,39)/t20-,21+,24-,25+,29-,31?,32?/m1/s1. The molecule has 0 aliphatic carbocycles. The summed E-state index contributed by atoms with van der Waals surface area (Å²) in [5.41, 5.74) is 0.578. The van der Waals surface area contributed by atoms with Gasteiger partial charge in [-0.25, -0.2) is 12.8 Å². The van der Waals surface area contributed by atoms with E-state index in [4.69, 9.17) is 21.1 Å². The normalized spacial score (nSPS) is 31.0. The number of methoxy groups -OCH3 is 1. The number of aliphatic hydroxyl groups is 1. The minimum Gasteiger partial charge on any atom is -0.375 e. The predicted molar refractivity (Wildman–Crippen MR) is 171 cm³/mol. The van der Waals surface area contributed by atoms with Gasteiger partial charge in [0.15, 0.2) is 0 Å². The van der Waals surface area contributed by atoms with Gasteiger partial charge in [-0.2, -0.15) is 4.31 Å². The fourth-order valence-corrected chi connectivity index (χ4v) is 9.34. The second-order valence-corrected chi connectivity index (χ2v) is 15.1. The number of nitrogens with zero attached hydrogens (tertiary/aromatic N) is 1. The largest absolute Gasteiger partial charge is 0.375 e. The first kappa shape index (κ1) is 34.2. The molecule has 2 bridgehead atoms. The Balaban J connectivity index is 1.44. The average Bonchev–Trinajstić information content (AvgIpc) is 3.10. The molecule has 0 saturated carbocycles. The Morgan fingerprint density at radius 3 is 2.62 bits per heavy atom. The second-order valence-electron chi connectivity index (χ2n) is 12.6. The minimum absolute atomic E-state index is 0.113. The van der Waals surface area contributed by atoms with Crippen LogP contribution in [-0.2, 0) is 36.1 Å². The maximum Gasteiger partial charge on any atom is 0.242 e. The van der Waals surface area contributed by atoms with E-state index in [1.165, 1.54) is 19.2 Å². The molecule has 3 heterocycles. The molecule has 3 unspecified atom stereocenters. The summed E-state index contributed by atoms with van der Waals surface area (Å²) in [6.45, 7) is 4.79. The number of carbonyl (C=O) groups is 1. The van der Waals surface area contributed by atoms with Crippen molar-refractivity contribution >= 4 is 33.2 Å². The molecule has 3 fully saturated rings. The Morgan fingerprint density at radius 1 is 1.22 bits per heavy atom. The molecule has 2 aromatic carbocycles. The molecule has 13 heteroatoms. The molecule has 3 aliphatic heterocycles. The first-order valence-corrected chi connectivity index (χ1v) is 17.6. The fourth-order valence-electron chi connectivity index (χ4n) is 7.41. The van der Waals surface area contributed by atoms with Gasteiger partial charge in [0.25, 0.3) is 0 Å². The van der Waals surface area contributed by atoms with Gasteiger partial charge in [0.05, 0.1) is 18.0 Å². The van der Waals surface area contributed by atoms with E-state index in [1.807, 2.05) is 26.0 Å². The highest BCUT2D eigenvalue weighted by Crippen LogP contribution is 2.43. The fraction of sp³-hybridized carbons (Fsp3) is 0.594. The summed E-state index contributed by atoms with van der Waals surface area (Å²) < 4.78 is 54.1. The van der Waals surface area contributed by atoms with Crippen molar-refractivity contribution in [2.75, 3.05) is 31.3 Å². The lowest BCUT2D eigenvalue weighted by molar-refractivity contribution is -0.140. The zero-order chi connectivity index (χ0) is 32.4. The monoisotopic (exact) mass is 666 g/mol. The van der Waals surface area contributed by atoms with E-state index in [9.17, 15) is 18.3 Å². The van der Waals surface area contributed by atoms with Gasteiger partial charge in [0.2, 0.25) is 22.3 Å². The Hall–Kier alpha value is -2.16. The molecule has 45 heavy (non-hydrogen) atoms. The summed E-state index contributed by atoms with van der Waals surface area (Å²) in [4.78, 5) is 14.3. The van der Waals surface area contributed by atoms with E-state index in [-0.39, 0.29) is 36.5 Å². The molecule has 8 atom stereocenters. The number of anilines is 1. The van der Waals surface area contributed by atoms with E-state index < -0.39 is 39.6 Å². The SMILES string of the molecule is COC(O)N[C@H](C(=O)Nc1cccc(F)c1CC[C@H]1CN[C@@H]2CCCS(=O)(=O)N1C2)C1(c2ccc(Cl)cc2)C[C@@H](C)O[C@@H](C)C1. The second kappa shape index (κ2) is 14.3. The van der Waals surface area contributed by atoms with Gasteiger partial charge < -0.3 is 25.2 Å². The maximum absolute atomic E-state index is 15.4. The van der Waals surface area contributed by atoms with Crippen LogP contribution in [0.25, 0.3) is 0 Å². The van der Waals surface area contributed by atoms with Crippen LogP contribution >= 0.6 is 11.6 Å². The van der Waals surface area contributed by atoms with Gasteiger partial charge in [-0.15, -0.1) is 0 Å². The predicted octanol–water partition coefficient (Wildman–Crippen LogP) is 3.52. The topological polar surface area (TPSA) is 129 Å². The van der Waals surface area contributed by atoms with Gasteiger partial charge in [0, 0.05) is 54.0 Å². The molecule has 3 saturated heterocycles. The summed E-state index contributed by atoms with van der Waals surface area (Å²) in [6, 6.07) is 10.6. The molecule has 0 aromatic heterocycles. The zero-order valence-electron chi connectivity index (χ0n) is 26.0. The number of ether oxygens (including phenoxy) is 2. The Morgan fingerprint density at radius 2 is 1.93 bits per heavy atom. The van der Waals surface area contributed by atoms with E-state index >= 15 is 4.39 Å². The Bertz CT molecular complexity index is 1440.